The average Bonchev–Trinajstić information content (AvgIpc) is 3.02. The van der Waals surface area contributed by atoms with Gasteiger partial charge in [-0.2, -0.15) is 0 Å². The number of aliphatic imine (C=N–C) groups is 1. The quantitative estimate of drug-likeness (QED) is 0.685. The van der Waals surface area contributed by atoms with Gasteiger partial charge in [-0.1, -0.05) is 5.16 Å². The van der Waals surface area contributed by atoms with Crippen molar-refractivity contribution >= 4 is 33.2 Å². The van der Waals surface area contributed by atoms with E-state index in [4.69, 9.17) is 4.52 Å². The Hall–Kier alpha value is -1.34. The fourth-order valence-corrected chi connectivity index (χ4v) is 3.06. The minimum atomic E-state index is 0.657. The zero-order chi connectivity index (χ0) is 13.7. The SMILES string of the molecule is CN=C(NCc1ccc(Br)s1)N(C)Cc1ccon1. The number of nitrogens with zero attached hydrogens (tertiary/aromatic N) is 3. The molecule has 2 aromatic heterocycles. The Balaban J connectivity index is 1.89. The van der Waals surface area contributed by atoms with Crippen molar-refractivity contribution in [1.82, 2.24) is 15.4 Å². The molecule has 0 aromatic carbocycles. The van der Waals surface area contributed by atoms with E-state index in [1.54, 1.807) is 24.6 Å². The van der Waals surface area contributed by atoms with Crippen LogP contribution in [0.5, 0.6) is 0 Å². The molecule has 102 valence electrons. The highest BCUT2D eigenvalue weighted by molar-refractivity contribution is 9.11. The zero-order valence-corrected chi connectivity index (χ0v) is 13.2. The van der Waals surface area contributed by atoms with E-state index >= 15 is 0 Å². The lowest BCUT2D eigenvalue weighted by Crippen LogP contribution is -2.37. The van der Waals surface area contributed by atoms with Crippen molar-refractivity contribution in [2.24, 2.45) is 4.99 Å². The van der Waals surface area contributed by atoms with Gasteiger partial charge >= 0.3 is 0 Å². The molecule has 0 unspecified atom stereocenters. The van der Waals surface area contributed by atoms with Crippen LogP contribution in [0.3, 0.4) is 0 Å². The molecule has 2 heterocycles. The van der Waals surface area contributed by atoms with Crippen molar-refractivity contribution in [3.8, 4) is 0 Å². The highest BCUT2D eigenvalue weighted by Gasteiger charge is 2.08. The molecule has 0 radical (unpaired) electrons. The van der Waals surface area contributed by atoms with Gasteiger partial charge in [0.2, 0.25) is 0 Å². The molecule has 2 rings (SSSR count). The van der Waals surface area contributed by atoms with Crippen LogP contribution in [0, 0.1) is 0 Å². The molecule has 0 saturated carbocycles. The number of thiophene rings is 1. The lowest BCUT2D eigenvalue weighted by molar-refractivity contribution is 0.391. The summed E-state index contributed by atoms with van der Waals surface area (Å²) in [6.45, 7) is 1.41. The normalized spacial score (nSPS) is 11.6. The lowest BCUT2D eigenvalue weighted by atomic mass is 10.4. The van der Waals surface area contributed by atoms with Crippen LogP contribution in [0.1, 0.15) is 10.6 Å². The van der Waals surface area contributed by atoms with Gasteiger partial charge in [-0.05, 0) is 28.1 Å². The lowest BCUT2D eigenvalue weighted by Gasteiger charge is -2.20. The van der Waals surface area contributed by atoms with E-state index in [2.05, 4.69) is 37.5 Å². The van der Waals surface area contributed by atoms with Crippen molar-refractivity contribution in [3.05, 3.63) is 38.8 Å². The number of rotatable bonds is 4. The van der Waals surface area contributed by atoms with Crippen LogP contribution in [0.25, 0.3) is 0 Å². The Bertz CT molecular complexity index is 538. The van der Waals surface area contributed by atoms with Gasteiger partial charge in [0.15, 0.2) is 5.96 Å². The summed E-state index contributed by atoms with van der Waals surface area (Å²) in [7, 11) is 3.74. The van der Waals surface area contributed by atoms with Crippen molar-refractivity contribution in [1.29, 1.82) is 0 Å². The van der Waals surface area contributed by atoms with Gasteiger partial charge in [0, 0.05) is 25.0 Å². The van der Waals surface area contributed by atoms with Gasteiger partial charge < -0.3 is 14.7 Å². The fraction of sp³-hybridized carbons (Fsp3) is 0.333. The summed E-state index contributed by atoms with van der Waals surface area (Å²) in [6.07, 6.45) is 1.57. The molecular weight excluding hydrogens is 328 g/mol. The van der Waals surface area contributed by atoms with Gasteiger partial charge in [0.25, 0.3) is 0 Å². The van der Waals surface area contributed by atoms with Crippen molar-refractivity contribution < 1.29 is 4.52 Å². The predicted molar refractivity (Wildman–Crippen MR) is 80.2 cm³/mol. The van der Waals surface area contributed by atoms with Crippen LogP contribution in [-0.4, -0.2) is 30.1 Å². The molecule has 0 fully saturated rings. The molecule has 5 nitrogen and oxygen atoms in total. The zero-order valence-electron chi connectivity index (χ0n) is 10.8. The number of nitrogens with one attached hydrogen (secondary N) is 1. The van der Waals surface area contributed by atoms with Gasteiger partial charge in [-0.15, -0.1) is 11.3 Å². The minimum absolute atomic E-state index is 0.657. The molecule has 7 heteroatoms. The topological polar surface area (TPSA) is 53.7 Å². The molecule has 2 aromatic rings. The Morgan fingerprint density at radius 3 is 2.95 bits per heavy atom. The first-order valence-corrected chi connectivity index (χ1v) is 7.35. The summed E-state index contributed by atoms with van der Waals surface area (Å²) < 4.78 is 5.95. The first-order chi connectivity index (χ1) is 9.19. The van der Waals surface area contributed by atoms with Gasteiger partial charge in [-0.3, -0.25) is 4.99 Å². The van der Waals surface area contributed by atoms with Crippen LogP contribution in [0.2, 0.25) is 0 Å². The molecule has 19 heavy (non-hydrogen) atoms. The summed E-state index contributed by atoms with van der Waals surface area (Å²) in [6, 6.07) is 5.98. The van der Waals surface area contributed by atoms with Crippen molar-refractivity contribution in [3.63, 3.8) is 0 Å². The summed E-state index contributed by atoms with van der Waals surface area (Å²) in [5, 5.41) is 7.21. The maximum atomic E-state index is 4.82. The summed E-state index contributed by atoms with van der Waals surface area (Å²) in [5.74, 6) is 0.826. The van der Waals surface area contributed by atoms with Crippen LogP contribution in [0.15, 0.2) is 37.8 Å². The predicted octanol–water partition coefficient (Wildman–Crippen LogP) is 2.71. The van der Waals surface area contributed by atoms with Gasteiger partial charge in [0.1, 0.15) is 12.0 Å². The van der Waals surface area contributed by atoms with E-state index in [-0.39, 0.29) is 0 Å². The number of guanidine groups is 1. The van der Waals surface area contributed by atoms with E-state index < -0.39 is 0 Å². The van der Waals surface area contributed by atoms with E-state index in [0.717, 1.165) is 22.0 Å². The molecule has 0 aliphatic carbocycles. The molecular formula is C12H15BrN4OS. The minimum Gasteiger partial charge on any atom is -0.364 e. The van der Waals surface area contributed by atoms with E-state index in [0.29, 0.717) is 6.54 Å². The standard InChI is InChI=1S/C12H15BrN4OS/c1-14-12(15-7-10-3-4-11(13)19-10)17(2)8-9-5-6-18-16-9/h3-6H,7-8H2,1-2H3,(H,14,15). The molecule has 0 spiro atoms. The Kier molecular flexibility index (Phi) is 4.98. The molecule has 0 amide bonds. The molecule has 1 N–H and O–H groups in total. The second-order valence-corrected chi connectivity index (χ2v) is 6.50. The van der Waals surface area contributed by atoms with Crippen LogP contribution < -0.4 is 5.32 Å². The molecule has 0 saturated heterocycles. The monoisotopic (exact) mass is 342 g/mol. The smallest absolute Gasteiger partial charge is 0.194 e. The highest BCUT2D eigenvalue weighted by Crippen LogP contribution is 2.21. The highest BCUT2D eigenvalue weighted by atomic mass is 79.9. The van der Waals surface area contributed by atoms with Crippen molar-refractivity contribution in [2.45, 2.75) is 13.1 Å². The van der Waals surface area contributed by atoms with Crippen LogP contribution in [0.4, 0.5) is 0 Å². The van der Waals surface area contributed by atoms with Gasteiger partial charge in [-0.25, -0.2) is 0 Å². The maximum Gasteiger partial charge on any atom is 0.194 e. The van der Waals surface area contributed by atoms with E-state index in [1.807, 2.05) is 24.1 Å². The molecule has 0 atom stereocenters. The maximum absolute atomic E-state index is 4.82. The summed E-state index contributed by atoms with van der Waals surface area (Å²) in [5.41, 5.74) is 0.879. The number of hydrogen-bond acceptors (Lipinski definition) is 4. The summed E-state index contributed by atoms with van der Waals surface area (Å²) in [4.78, 5) is 7.51. The second-order valence-electron chi connectivity index (χ2n) is 3.95. The first-order valence-electron chi connectivity index (χ1n) is 5.74. The number of aromatic nitrogens is 1. The largest absolute Gasteiger partial charge is 0.364 e. The number of halogens is 1. The average molecular weight is 343 g/mol. The molecule has 0 aliphatic rings. The molecule has 0 bridgehead atoms. The third-order valence-electron chi connectivity index (χ3n) is 2.51. The summed E-state index contributed by atoms with van der Waals surface area (Å²) >= 11 is 5.17. The first kappa shape index (κ1) is 14.1. The van der Waals surface area contributed by atoms with Gasteiger partial charge in [0.05, 0.1) is 16.9 Å². The van der Waals surface area contributed by atoms with Crippen LogP contribution in [-0.2, 0) is 13.1 Å². The Morgan fingerprint density at radius 1 is 1.53 bits per heavy atom. The Labute approximate surface area is 124 Å². The molecule has 0 aliphatic heterocycles. The second kappa shape index (κ2) is 6.72. The van der Waals surface area contributed by atoms with E-state index in [1.165, 1.54) is 4.88 Å². The van der Waals surface area contributed by atoms with E-state index in [9.17, 15) is 0 Å². The van der Waals surface area contributed by atoms with Crippen LogP contribution >= 0.6 is 27.3 Å². The van der Waals surface area contributed by atoms with Crippen molar-refractivity contribution in [2.75, 3.05) is 14.1 Å². The third kappa shape index (κ3) is 4.07. The fourth-order valence-electron chi connectivity index (χ4n) is 1.63. The number of hydrogen-bond donors (Lipinski definition) is 1. The Morgan fingerprint density at radius 2 is 2.37 bits per heavy atom. The third-order valence-corrected chi connectivity index (χ3v) is 4.14.